The predicted molar refractivity (Wildman–Crippen MR) is 113 cm³/mol. The molecule has 4 nitrogen and oxygen atoms in total. The molecule has 0 unspecified atom stereocenters. The van der Waals surface area contributed by atoms with Gasteiger partial charge in [0.05, 0.1) is 5.92 Å². The van der Waals surface area contributed by atoms with Crippen molar-refractivity contribution in [2.45, 2.75) is 12.5 Å². The van der Waals surface area contributed by atoms with Crippen LogP contribution in [0.1, 0.15) is 27.4 Å². The summed E-state index contributed by atoms with van der Waals surface area (Å²) in [6.45, 7) is 1.18. The minimum Gasteiger partial charge on any atom is -0.352 e. The van der Waals surface area contributed by atoms with Gasteiger partial charge in [0, 0.05) is 31.1 Å². The van der Waals surface area contributed by atoms with Gasteiger partial charge in [0.2, 0.25) is 5.91 Å². The first-order chi connectivity index (χ1) is 14.6. The summed E-state index contributed by atoms with van der Waals surface area (Å²) in [6, 6.07) is 25.0. The molecule has 2 atom stereocenters. The maximum absolute atomic E-state index is 13.1. The van der Waals surface area contributed by atoms with Crippen molar-refractivity contribution in [3.8, 4) is 0 Å². The third kappa shape index (κ3) is 4.40. The molecule has 2 amide bonds. The van der Waals surface area contributed by atoms with Crippen molar-refractivity contribution in [1.29, 1.82) is 0 Å². The summed E-state index contributed by atoms with van der Waals surface area (Å²) in [7, 11) is 0. The lowest BCUT2D eigenvalue weighted by molar-refractivity contribution is -0.125. The molecule has 152 valence electrons. The molecule has 0 bridgehead atoms. The zero-order valence-electron chi connectivity index (χ0n) is 16.5. The highest BCUT2D eigenvalue weighted by Gasteiger charge is 2.40. The molecular weight excluding hydrogens is 379 g/mol. The van der Waals surface area contributed by atoms with Crippen LogP contribution in [-0.2, 0) is 11.3 Å². The highest BCUT2D eigenvalue weighted by atomic mass is 19.1. The van der Waals surface area contributed by atoms with Gasteiger partial charge in [-0.25, -0.2) is 4.39 Å². The minimum atomic E-state index is -0.347. The second-order valence-corrected chi connectivity index (χ2v) is 7.54. The summed E-state index contributed by atoms with van der Waals surface area (Å²) in [5.41, 5.74) is 2.50. The molecule has 4 rings (SSSR count). The quantitative estimate of drug-likeness (QED) is 0.701. The Morgan fingerprint density at radius 1 is 0.867 bits per heavy atom. The zero-order chi connectivity index (χ0) is 20.9. The molecule has 0 saturated carbocycles. The van der Waals surface area contributed by atoms with E-state index in [-0.39, 0.29) is 29.5 Å². The lowest BCUT2D eigenvalue weighted by Crippen LogP contribution is -2.35. The Kier molecular flexibility index (Phi) is 5.89. The molecular formula is C25H23FN2O2. The number of amides is 2. The number of carbonyl (C=O) groups is 2. The predicted octanol–water partition coefficient (Wildman–Crippen LogP) is 4.00. The number of halogens is 1. The van der Waals surface area contributed by atoms with E-state index in [1.165, 1.54) is 12.1 Å². The lowest BCUT2D eigenvalue weighted by atomic mass is 9.88. The summed E-state index contributed by atoms with van der Waals surface area (Å²) >= 11 is 0. The molecule has 1 fully saturated rings. The summed E-state index contributed by atoms with van der Waals surface area (Å²) in [4.78, 5) is 27.8. The van der Waals surface area contributed by atoms with Gasteiger partial charge >= 0.3 is 0 Å². The monoisotopic (exact) mass is 402 g/mol. The number of carbonyl (C=O) groups excluding carboxylic acids is 2. The highest BCUT2D eigenvalue weighted by Crippen LogP contribution is 2.33. The third-order valence-electron chi connectivity index (χ3n) is 5.57. The molecule has 0 spiro atoms. The maximum atomic E-state index is 13.1. The van der Waals surface area contributed by atoms with E-state index in [1.54, 1.807) is 29.2 Å². The molecule has 1 aliphatic heterocycles. The van der Waals surface area contributed by atoms with E-state index in [4.69, 9.17) is 0 Å². The van der Waals surface area contributed by atoms with Gasteiger partial charge in [-0.15, -0.1) is 0 Å². The van der Waals surface area contributed by atoms with Crippen LogP contribution in [0.4, 0.5) is 4.39 Å². The van der Waals surface area contributed by atoms with E-state index in [1.807, 2.05) is 48.5 Å². The number of nitrogens with one attached hydrogen (secondary N) is 1. The summed E-state index contributed by atoms with van der Waals surface area (Å²) in [6.07, 6.45) is 0. The normalized spacial score (nSPS) is 18.2. The van der Waals surface area contributed by atoms with Gasteiger partial charge in [-0.05, 0) is 35.4 Å². The minimum absolute atomic E-state index is 0.0645. The Bertz CT molecular complexity index is 1010. The van der Waals surface area contributed by atoms with Crippen molar-refractivity contribution in [2.24, 2.45) is 5.92 Å². The molecule has 30 heavy (non-hydrogen) atoms. The summed E-state index contributed by atoms with van der Waals surface area (Å²) in [5, 5.41) is 2.96. The van der Waals surface area contributed by atoms with E-state index in [2.05, 4.69) is 5.32 Å². The Morgan fingerprint density at radius 2 is 1.50 bits per heavy atom. The number of nitrogens with zero attached hydrogens (tertiary/aromatic N) is 1. The van der Waals surface area contributed by atoms with Crippen LogP contribution in [-0.4, -0.2) is 29.8 Å². The van der Waals surface area contributed by atoms with Crippen LogP contribution in [0.2, 0.25) is 0 Å². The molecule has 1 aliphatic rings. The van der Waals surface area contributed by atoms with Gasteiger partial charge in [-0.2, -0.15) is 0 Å². The zero-order valence-corrected chi connectivity index (χ0v) is 16.5. The van der Waals surface area contributed by atoms with Crippen molar-refractivity contribution in [2.75, 3.05) is 13.1 Å². The second-order valence-electron chi connectivity index (χ2n) is 7.54. The first kappa shape index (κ1) is 19.8. The number of hydrogen-bond donors (Lipinski definition) is 1. The van der Waals surface area contributed by atoms with Crippen LogP contribution in [0.3, 0.4) is 0 Å². The Hall–Kier alpha value is -3.47. The van der Waals surface area contributed by atoms with Gasteiger partial charge in [0.15, 0.2) is 0 Å². The van der Waals surface area contributed by atoms with Crippen LogP contribution in [0.5, 0.6) is 0 Å². The van der Waals surface area contributed by atoms with E-state index in [9.17, 15) is 14.0 Å². The van der Waals surface area contributed by atoms with E-state index < -0.39 is 0 Å². The third-order valence-corrected chi connectivity index (χ3v) is 5.57. The Balaban J connectivity index is 1.51. The molecule has 0 aromatic heterocycles. The smallest absolute Gasteiger partial charge is 0.253 e. The van der Waals surface area contributed by atoms with E-state index in [0.717, 1.165) is 11.1 Å². The van der Waals surface area contributed by atoms with Crippen LogP contribution in [0.25, 0.3) is 0 Å². The fourth-order valence-corrected chi connectivity index (χ4v) is 3.96. The van der Waals surface area contributed by atoms with Gasteiger partial charge in [0.25, 0.3) is 5.91 Å². The van der Waals surface area contributed by atoms with Crippen LogP contribution in [0, 0.1) is 11.7 Å². The highest BCUT2D eigenvalue weighted by molar-refractivity contribution is 5.95. The number of likely N-dealkylation sites (tertiary alicyclic amines) is 1. The molecule has 0 aliphatic carbocycles. The SMILES string of the molecule is O=C(NCc1ccc(F)cc1)[C@@H]1CN(C(=O)c2ccccc2)C[C@@H]1c1ccccc1. The van der Waals surface area contributed by atoms with Gasteiger partial charge in [-0.3, -0.25) is 9.59 Å². The molecule has 1 heterocycles. The maximum Gasteiger partial charge on any atom is 0.253 e. The molecule has 3 aromatic rings. The number of hydrogen-bond acceptors (Lipinski definition) is 2. The summed E-state index contributed by atoms with van der Waals surface area (Å²) in [5.74, 6) is -0.894. The average molecular weight is 402 g/mol. The van der Waals surface area contributed by atoms with Crippen LogP contribution in [0.15, 0.2) is 84.9 Å². The molecule has 1 saturated heterocycles. The van der Waals surface area contributed by atoms with Crippen molar-refractivity contribution < 1.29 is 14.0 Å². The van der Waals surface area contributed by atoms with Gasteiger partial charge in [0.1, 0.15) is 5.82 Å². The van der Waals surface area contributed by atoms with Gasteiger partial charge < -0.3 is 10.2 Å². The summed E-state index contributed by atoms with van der Waals surface area (Å²) < 4.78 is 13.1. The van der Waals surface area contributed by atoms with E-state index >= 15 is 0 Å². The molecule has 3 aromatic carbocycles. The van der Waals surface area contributed by atoms with Crippen molar-refractivity contribution in [1.82, 2.24) is 10.2 Å². The fraction of sp³-hybridized carbons (Fsp3) is 0.200. The first-order valence-electron chi connectivity index (χ1n) is 10.0. The Morgan fingerprint density at radius 3 is 2.17 bits per heavy atom. The van der Waals surface area contributed by atoms with E-state index in [0.29, 0.717) is 25.2 Å². The fourth-order valence-electron chi connectivity index (χ4n) is 3.96. The molecule has 0 radical (unpaired) electrons. The number of benzene rings is 3. The Labute approximate surface area is 175 Å². The second kappa shape index (κ2) is 8.91. The van der Waals surface area contributed by atoms with Crippen LogP contribution < -0.4 is 5.32 Å². The van der Waals surface area contributed by atoms with Crippen LogP contribution >= 0.6 is 0 Å². The lowest BCUT2D eigenvalue weighted by Gasteiger charge is -2.18. The standard InChI is InChI=1S/C25H23FN2O2/c26-21-13-11-18(12-14-21)15-27-24(29)23-17-28(25(30)20-9-5-2-6-10-20)16-22(23)19-7-3-1-4-8-19/h1-14,22-23H,15-17H2,(H,27,29)/t22-,23-/m1/s1. The van der Waals surface area contributed by atoms with Gasteiger partial charge in [-0.1, -0.05) is 60.7 Å². The number of rotatable bonds is 5. The first-order valence-corrected chi connectivity index (χ1v) is 10.0. The molecule has 1 N–H and O–H groups in total. The topological polar surface area (TPSA) is 49.4 Å². The average Bonchev–Trinajstić information content (AvgIpc) is 3.25. The van der Waals surface area contributed by atoms with Crippen molar-refractivity contribution in [3.63, 3.8) is 0 Å². The van der Waals surface area contributed by atoms with Crippen molar-refractivity contribution in [3.05, 3.63) is 107 Å². The van der Waals surface area contributed by atoms with Crippen molar-refractivity contribution >= 4 is 11.8 Å². The largest absolute Gasteiger partial charge is 0.352 e. The molecule has 5 heteroatoms.